The quantitative estimate of drug-likeness (QED) is 0.421. The molecule has 0 radical (unpaired) electrons. The normalized spacial score (nSPS) is 14.3. The summed E-state index contributed by atoms with van der Waals surface area (Å²) in [5.41, 5.74) is 0. The second-order valence-corrected chi connectivity index (χ2v) is 4.73. The van der Waals surface area contributed by atoms with Crippen LogP contribution in [0.3, 0.4) is 0 Å². The molecule has 0 atom stereocenters. The zero-order valence-corrected chi connectivity index (χ0v) is 12.2. The molecule has 0 aliphatic rings. The van der Waals surface area contributed by atoms with E-state index >= 15 is 0 Å². The molecule has 3 nitrogen and oxygen atoms in total. The third kappa shape index (κ3) is 5.71. The maximum Gasteiger partial charge on any atom is 0.426 e. The van der Waals surface area contributed by atoms with E-state index in [2.05, 4.69) is 4.74 Å². The first kappa shape index (κ1) is 22.3. The van der Waals surface area contributed by atoms with Crippen LogP contribution in [0.1, 0.15) is 32.6 Å². The van der Waals surface area contributed by atoms with Gasteiger partial charge in [0, 0.05) is 6.61 Å². The fourth-order valence-electron chi connectivity index (χ4n) is 1.42. The van der Waals surface area contributed by atoms with E-state index < -0.39 is 37.3 Å². The molecule has 0 bridgehead atoms. The van der Waals surface area contributed by atoms with Crippen LogP contribution in [-0.2, 0) is 9.47 Å². The van der Waals surface area contributed by atoms with Gasteiger partial charge in [0.1, 0.15) is 0 Å². The summed E-state index contributed by atoms with van der Waals surface area (Å²) in [5.74, 6) is -13.3. The van der Waals surface area contributed by atoms with Gasteiger partial charge < -0.3 is 14.6 Å². The Morgan fingerprint density at radius 1 is 0.739 bits per heavy atom. The van der Waals surface area contributed by atoms with Crippen LogP contribution in [0.5, 0.6) is 0 Å². The van der Waals surface area contributed by atoms with E-state index in [0.29, 0.717) is 6.42 Å². The Hall–Kier alpha value is -0.680. The molecule has 0 aromatic rings. The van der Waals surface area contributed by atoms with Gasteiger partial charge in [-0.05, 0) is 6.42 Å². The minimum atomic E-state index is -6.72. The van der Waals surface area contributed by atoms with Gasteiger partial charge >= 0.3 is 24.1 Å². The molecule has 0 saturated heterocycles. The van der Waals surface area contributed by atoms with Crippen molar-refractivity contribution in [1.29, 1.82) is 0 Å². The molecule has 0 aliphatic carbocycles. The molecule has 11 heteroatoms. The summed E-state index contributed by atoms with van der Waals surface area (Å²) in [5, 5.41) is 7.68. The van der Waals surface area contributed by atoms with E-state index in [4.69, 9.17) is 9.84 Å². The average molecular weight is 362 g/mol. The maximum atomic E-state index is 13.0. The Morgan fingerprint density at radius 3 is 1.78 bits per heavy atom. The van der Waals surface area contributed by atoms with Crippen molar-refractivity contribution in [1.82, 2.24) is 0 Å². The largest absolute Gasteiger partial charge is 0.426 e. The van der Waals surface area contributed by atoms with Gasteiger partial charge in [-0.1, -0.05) is 26.2 Å². The van der Waals surface area contributed by atoms with Gasteiger partial charge in [-0.15, -0.1) is 0 Å². The van der Waals surface area contributed by atoms with E-state index in [-0.39, 0.29) is 6.61 Å². The molecule has 0 saturated carbocycles. The van der Waals surface area contributed by atoms with Gasteiger partial charge in [0.05, 0.1) is 13.2 Å². The SMILES string of the molecule is CCCCCCOCCOC(F)(F)C(F)(F)C(F)(F)C(O)(F)F. The summed E-state index contributed by atoms with van der Waals surface area (Å²) in [4.78, 5) is 0. The van der Waals surface area contributed by atoms with Crippen molar-refractivity contribution in [2.45, 2.75) is 56.7 Å². The molecular formula is C12H18F8O3. The van der Waals surface area contributed by atoms with Crippen LogP contribution >= 0.6 is 0 Å². The predicted molar refractivity (Wildman–Crippen MR) is 62.9 cm³/mol. The molecule has 23 heavy (non-hydrogen) atoms. The van der Waals surface area contributed by atoms with Crippen molar-refractivity contribution in [3.05, 3.63) is 0 Å². The van der Waals surface area contributed by atoms with Crippen molar-refractivity contribution in [2.24, 2.45) is 0 Å². The molecule has 1 N–H and O–H groups in total. The highest BCUT2D eigenvalue weighted by Crippen LogP contribution is 2.51. The first-order valence-electron chi connectivity index (χ1n) is 6.76. The number of hydrogen-bond donors (Lipinski definition) is 1. The minimum absolute atomic E-state index is 0.121. The van der Waals surface area contributed by atoms with Gasteiger partial charge in [0.2, 0.25) is 0 Å². The molecule has 0 amide bonds. The molecule has 0 rings (SSSR count). The van der Waals surface area contributed by atoms with E-state index in [9.17, 15) is 35.1 Å². The summed E-state index contributed by atoms with van der Waals surface area (Å²) >= 11 is 0. The number of unbranched alkanes of at least 4 members (excludes halogenated alkanes) is 3. The van der Waals surface area contributed by atoms with Crippen LogP contribution in [0.15, 0.2) is 0 Å². The van der Waals surface area contributed by atoms with Gasteiger partial charge in [-0.3, -0.25) is 0 Å². The minimum Gasteiger partial charge on any atom is -0.379 e. The second-order valence-electron chi connectivity index (χ2n) is 4.73. The lowest BCUT2D eigenvalue weighted by molar-refractivity contribution is -0.456. The first-order chi connectivity index (χ1) is 10.3. The van der Waals surface area contributed by atoms with Crippen molar-refractivity contribution >= 4 is 0 Å². The lowest BCUT2D eigenvalue weighted by Gasteiger charge is -2.33. The highest BCUT2D eigenvalue weighted by atomic mass is 19.4. The third-order valence-electron chi connectivity index (χ3n) is 2.79. The van der Waals surface area contributed by atoms with Crippen molar-refractivity contribution < 1.29 is 49.7 Å². The molecule has 0 aromatic heterocycles. The van der Waals surface area contributed by atoms with Gasteiger partial charge in [-0.25, -0.2) is 0 Å². The van der Waals surface area contributed by atoms with Crippen LogP contribution in [0, 0.1) is 0 Å². The summed E-state index contributed by atoms with van der Waals surface area (Å²) in [7, 11) is 0. The molecule has 0 unspecified atom stereocenters. The molecule has 0 heterocycles. The monoisotopic (exact) mass is 362 g/mol. The van der Waals surface area contributed by atoms with Gasteiger partial charge in [0.15, 0.2) is 0 Å². The molecule has 140 valence electrons. The topological polar surface area (TPSA) is 38.7 Å². The number of alkyl halides is 8. The van der Waals surface area contributed by atoms with Crippen molar-refractivity contribution in [2.75, 3.05) is 19.8 Å². The highest BCUT2D eigenvalue weighted by Gasteiger charge is 2.81. The number of hydrogen-bond acceptors (Lipinski definition) is 3. The molecule has 0 aliphatic heterocycles. The third-order valence-corrected chi connectivity index (χ3v) is 2.79. The Kier molecular flexibility index (Phi) is 8.18. The summed E-state index contributed by atoms with van der Waals surface area (Å²) in [6.07, 6.45) is -9.05. The lowest BCUT2D eigenvalue weighted by Crippen LogP contribution is -2.63. The summed E-state index contributed by atoms with van der Waals surface area (Å²) in [6.45, 7) is 0.237. The van der Waals surface area contributed by atoms with Crippen LogP contribution in [0.4, 0.5) is 35.1 Å². The second kappa shape index (κ2) is 8.43. The number of aliphatic hydroxyl groups is 1. The maximum absolute atomic E-state index is 13.0. The Morgan fingerprint density at radius 2 is 1.30 bits per heavy atom. The van der Waals surface area contributed by atoms with E-state index in [1.807, 2.05) is 6.92 Å². The molecule has 0 fully saturated rings. The fraction of sp³-hybridized carbons (Fsp3) is 1.00. The zero-order chi connectivity index (χ0) is 18.4. The summed E-state index contributed by atoms with van der Waals surface area (Å²) < 4.78 is 109. The van der Waals surface area contributed by atoms with Crippen LogP contribution in [0.25, 0.3) is 0 Å². The molecule has 0 spiro atoms. The number of halogens is 8. The zero-order valence-electron chi connectivity index (χ0n) is 12.2. The average Bonchev–Trinajstić information content (AvgIpc) is 2.40. The van der Waals surface area contributed by atoms with E-state index in [1.165, 1.54) is 0 Å². The molecule has 0 aromatic carbocycles. The fourth-order valence-corrected chi connectivity index (χ4v) is 1.42. The predicted octanol–water partition coefficient (Wildman–Crippen LogP) is 4.05. The van der Waals surface area contributed by atoms with E-state index in [1.54, 1.807) is 0 Å². The number of ether oxygens (including phenoxy) is 2. The Bertz CT molecular complexity index is 344. The van der Waals surface area contributed by atoms with Crippen LogP contribution < -0.4 is 0 Å². The smallest absolute Gasteiger partial charge is 0.379 e. The van der Waals surface area contributed by atoms with Crippen molar-refractivity contribution in [3.63, 3.8) is 0 Å². The van der Waals surface area contributed by atoms with Crippen molar-refractivity contribution in [3.8, 4) is 0 Å². The first-order valence-corrected chi connectivity index (χ1v) is 6.76. The number of rotatable bonds is 12. The Balaban J connectivity index is 4.41. The highest BCUT2D eigenvalue weighted by molar-refractivity contribution is 4.96. The van der Waals surface area contributed by atoms with E-state index in [0.717, 1.165) is 19.3 Å². The van der Waals surface area contributed by atoms with Crippen LogP contribution in [-0.4, -0.2) is 49.0 Å². The van der Waals surface area contributed by atoms with Gasteiger partial charge in [0.25, 0.3) is 0 Å². The Labute approximate surface area is 127 Å². The standard InChI is InChI=1S/C12H18F8O3/c1-2-3-4-5-6-22-7-8-23-12(19,20)10(15,16)9(13,14)11(17,18)21/h21H,2-8H2,1H3. The molecular weight excluding hydrogens is 344 g/mol. The van der Waals surface area contributed by atoms with Gasteiger partial charge in [-0.2, -0.15) is 35.1 Å². The summed E-state index contributed by atoms with van der Waals surface area (Å²) in [6, 6.07) is 0. The lowest BCUT2D eigenvalue weighted by atomic mass is 10.1. The van der Waals surface area contributed by atoms with Crippen LogP contribution in [0.2, 0.25) is 0 Å².